The molecule has 0 N–H and O–H groups in total. The Morgan fingerprint density at radius 3 is 2.50 bits per heavy atom. The van der Waals surface area contributed by atoms with Gasteiger partial charge in [0.25, 0.3) is 5.91 Å². The summed E-state index contributed by atoms with van der Waals surface area (Å²) < 4.78 is 44.1. The van der Waals surface area contributed by atoms with E-state index in [0.29, 0.717) is 11.3 Å². The second kappa shape index (κ2) is 8.16. The highest BCUT2D eigenvalue weighted by Gasteiger charge is 2.20. The molecule has 0 aliphatic heterocycles. The molecule has 1 amide bonds. The predicted molar refractivity (Wildman–Crippen MR) is 97.1 cm³/mol. The van der Waals surface area contributed by atoms with Gasteiger partial charge in [0.15, 0.2) is 0 Å². The van der Waals surface area contributed by atoms with E-state index < -0.39 is 12.4 Å². The van der Waals surface area contributed by atoms with Crippen LogP contribution >= 0.6 is 0 Å². The number of hydrogen-bond acceptors (Lipinski definition) is 3. The number of benzene rings is 2. The van der Waals surface area contributed by atoms with E-state index in [4.69, 9.17) is 0 Å². The maximum absolute atomic E-state index is 14.0. The zero-order chi connectivity index (χ0) is 20.3. The fourth-order valence-corrected chi connectivity index (χ4v) is 2.81. The zero-order valence-electron chi connectivity index (χ0n) is 15.3. The first-order valence-electron chi connectivity index (χ1n) is 8.45. The summed E-state index contributed by atoms with van der Waals surface area (Å²) in [5.41, 5.74) is 1.87. The van der Waals surface area contributed by atoms with Crippen molar-refractivity contribution in [1.82, 2.24) is 14.7 Å². The van der Waals surface area contributed by atoms with Gasteiger partial charge in [-0.1, -0.05) is 24.3 Å². The molecule has 28 heavy (non-hydrogen) atoms. The van der Waals surface area contributed by atoms with Crippen molar-refractivity contribution in [2.75, 3.05) is 7.05 Å². The number of amides is 1. The number of carbonyl (C=O) groups excluding carboxylic acids is 1. The number of hydrogen-bond donors (Lipinski definition) is 0. The molecule has 146 valence electrons. The van der Waals surface area contributed by atoms with Gasteiger partial charge in [-0.2, -0.15) is 13.9 Å². The number of alkyl halides is 2. The minimum Gasteiger partial charge on any atom is -0.435 e. The van der Waals surface area contributed by atoms with Crippen LogP contribution in [0.4, 0.5) is 13.2 Å². The van der Waals surface area contributed by atoms with Crippen molar-refractivity contribution in [2.24, 2.45) is 0 Å². The maximum atomic E-state index is 14.0. The van der Waals surface area contributed by atoms with E-state index in [2.05, 4.69) is 9.84 Å². The molecule has 3 rings (SSSR count). The Balaban J connectivity index is 1.74. The van der Waals surface area contributed by atoms with Crippen LogP contribution in [-0.4, -0.2) is 34.2 Å². The highest BCUT2D eigenvalue weighted by molar-refractivity contribution is 5.95. The normalized spacial score (nSPS) is 10.9. The molecule has 1 aromatic heterocycles. The standard InChI is InChI=1S/C20H18F3N3O2/c1-13-16(11-24-26(13)18-6-4-3-5-17(18)21)19(27)25(2)12-14-7-9-15(10-8-14)28-20(22)23/h3-11,20H,12H2,1-2H3. The first kappa shape index (κ1) is 19.5. The highest BCUT2D eigenvalue weighted by atomic mass is 19.3. The van der Waals surface area contributed by atoms with Crippen molar-refractivity contribution in [1.29, 1.82) is 0 Å². The summed E-state index contributed by atoms with van der Waals surface area (Å²) in [4.78, 5) is 14.2. The largest absolute Gasteiger partial charge is 0.435 e. The molecule has 0 bridgehead atoms. The molecule has 2 aromatic carbocycles. The number of halogens is 3. The second-order valence-corrected chi connectivity index (χ2v) is 6.19. The Morgan fingerprint density at radius 1 is 1.18 bits per heavy atom. The highest BCUT2D eigenvalue weighted by Crippen LogP contribution is 2.20. The molecule has 0 unspecified atom stereocenters. The van der Waals surface area contributed by atoms with Crippen LogP contribution in [0.2, 0.25) is 0 Å². The second-order valence-electron chi connectivity index (χ2n) is 6.19. The molecule has 0 radical (unpaired) electrons. The summed E-state index contributed by atoms with van der Waals surface area (Å²) >= 11 is 0. The summed E-state index contributed by atoms with van der Waals surface area (Å²) in [6.45, 7) is -0.932. The average Bonchev–Trinajstić information content (AvgIpc) is 3.04. The lowest BCUT2D eigenvalue weighted by molar-refractivity contribution is -0.0498. The molecule has 0 atom stereocenters. The van der Waals surface area contributed by atoms with Crippen LogP contribution in [0.1, 0.15) is 21.6 Å². The summed E-state index contributed by atoms with van der Waals surface area (Å²) in [6.07, 6.45) is 1.40. The van der Waals surface area contributed by atoms with E-state index in [1.54, 1.807) is 44.3 Å². The molecular formula is C20H18F3N3O2. The van der Waals surface area contributed by atoms with Gasteiger partial charge < -0.3 is 9.64 Å². The van der Waals surface area contributed by atoms with Crippen molar-refractivity contribution < 1.29 is 22.7 Å². The number of nitrogens with zero attached hydrogens (tertiary/aromatic N) is 3. The van der Waals surface area contributed by atoms with Crippen LogP contribution in [0.15, 0.2) is 54.7 Å². The Kier molecular flexibility index (Phi) is 5.67. The Hall–Kier alpha value is -3.29. The Bertz CT molecular complexity index is 971. The van der Waals surface area contributed by atoms with Crippen molar-refractivity contribution in [3.63, 3.8) is 0 Å². The van der Waals surface area contributed by atoms with Gasteiger partial charge in [-0.05, 0) is 36.8 Å². The van der Waals surface area contributed by atoms with Crippen LogP contribution in [0, 0.1) is 12.7 Å². The van der Waals surface area contributed by atoms with Crippen molar-refractivity contribution in [2.45, 2.75) is 20.1 Å². The molecule has 8 heteroatoms. The van der Waals surface area contributed by atoms with E-state index in [9.17, 15) is 18.0 Å². The summed E-state index contributed by atoms with van der Waals surface area (Å²) in [6, 6.07) is 12.2. The van der Waals surface area contributed by atoms with Gasteiger partial charge in [0.1, 0.15) is 17.3 Å². The summed E-state index contributed by atoms with van der Waals surface area (Å²) in [7, 11) is 1.62. The number of rotatable bonds is 6. The van der Waals surface area contributed by atoms with Gasteiger partial charge in [-0.15, -0.1) is 0 Å². The third-order valence-electron chi connectivity index (χ3n) is 4.24. The zero-order valence-corrected chi connectivity index (χ0v) is 15.3. The van der Waals surface area contributed by atoms with Crippen LogP contribution in [0.3, 0.4) is 0 Å². The molecule has 5 nitrogen and oxygen atoms in total. The first-order valence-corrected chi connectivity index (χ1v) is 8.45. The van der Waals surface area contributed by atoms with Gasteiger partial charge in [0.05, 0.1) is 17.5 Å². The van der Waals surface area contributed by atoms with E-state index in [1.165, 1.54) is 34.0 Å². The fourth-order valence-electron chi connectivity index (χ4n) is 2.81. The smallest absolute Gasteiger partial charge is 0.387 e. The van der Waals surface area contributed by atoms with E-state index >= 15 is 0 Å². The third kappa shape index (κ3) is 4.16. The molecule has 0 saturated heterocycles. The van der Waals surface area contributed by atoms with Crippen molar-refractivity contribution >= 4 is 5.91 Å². The minimum atomic E-state index is -2.89. The molecular weight excluding hydrogens is 371 g/mol. The van der Waals surface area contributed by atoms with Gasteiger partial charge in [-0.25, -0.2) is 9.07 Å². The van der Waals surface area contributed by atoms with Crippen LogP contribution < -0.4 is 4.74 Å². The van der Waals surface area contributed by atoms with Gasteiger partial charge in [0, 0.05) is 13.6 Å². The van der Waals surface area contributed by atoms with Crippen molar-refractivity contribution in [3.8, 4) is 11.4 Å². The number of carbonyl (C=O) groups is 1. The fraction of sp³-hybridized carbons (Fsp3) is 0.200. The van der Waals surface area contributed by atoms with Crippen molar-refractivity contribution in [3.05, 3.63) is 77.4 Å². The van der Waals surface area contributed by atoms with E-state index in [-0.39, 0.29) is 23.9 Å². The Labute approximate surface area is 160 Å². The van der Waals surface area contributed by atoms with Crippen LogP contribution in [0.25, 0.3) is 5.69 Å². The number of para-hydroxylation sites is 1. The van der Waals surface area contributed by atoms with Crippen LogP contribution in [-0.2, 0) is 6.54 Å². The van der Waals surface area contributed by atoms with Crippen LogP contribution in [0.5, 0.6) is 5.75 Å². The van der Waals surface area contributed by atoms with Gasteiger partial charge in [-0.3, -0.25) is 4.79 Å². The molecule has 0 aliphatic rings. The topological polar surface area (TPSA) is 47.4 Å². The molecule has 0 fully saturated rings. The van der Waals surface area contributed by atoms with E-state index in [0.717, 1.165) is 5.56 Å². The number of ether oxygens (including phenoxy) is 1. The first-order chi connectivity index (χ1) is 13.4. The summed E-state index contributed by atoms with van der Waals surface area (Å²) in [5, 5.41) is 4.14. The predicted octanol–water partition coefficient (Wildman–Crippen LogP) is 4.19. The lowest BCUT2D eigenvalue weighted by Crippen LogP contribution is -2.26. The summed E-state index contributed by atoms with van der Waals surface area (Å²) in [5.74, 6) is -0.671. The van der Waals surface area contributed by atoms with Gasteiger partial charge >= 0.3 is 6.61 Å². The monoisotopic (exact) mass is 389 g/mol. The van der Waals surface area contributed by atoms with E-state index in [1.807, 2.05) is 0 Å². The maximum Gasteiger partial charge on any atom is 0.387 e. The quantitative estimate of drug-likeness (QED) is 0.635. The lowest BCUT2D eigenvalue weighted by atomic mass is 10.2. The SMILES string of the molecule is Cc1c(C(=O)N(C)Cc2ccc(OC(F)F)cc2)cnn1-c1ccccc1F. The molecule has 3 aromatic rings. The average molecular weight is 389 g/mol. The minimum absolute atomic E-state index is 0.0507. The molecule has 1 heterocycles. The number of aromatic nitrogens is 2. The third-order valence-corrected chi connectivity index (χ3v) is 4.24. The molecule has 0 aliphatic carbocycles. The molecule has 0 saturated carbocycles. The lowest BCUT2D eigenvalue weighted by Gasteiger charge is -2.17. The molecule has 0 spiro atoms. The Morgan fingerprint density at radius 2 is 1.86 bits per heavy atom. The van der Waals surface area contributed by atoms with Gasteiger partial charge in [0.2, 0.25) is 0 Å².